The van der Waals surface area contributed by atoms with E-state index < -0.39 is 5.54 Å². The number of hydrogen-bond acceptors (Lipinski definition) is 5. The van der Waals surface area contributed by atoms with E-state index in [-0.39, 0.29) is 0 Å². The van der Waals surface area contributed by atoms with Gasteiger partial charge in [0.15, 0.2) is 5.16 Å². The zero-order valence-electron chi connectivity index (χ0n) is 9.96. The number of hydrogen-bond donors (Lipinski definition) is 1. The van der Waals surface area contributed by atoms with Crippen LogP contribution in [0.25, 0.3) is 0 Å². The highest BCUT2D eigenvalue weighted by molar-refractivity contribution is 7.99. The molecule has 2 rings (SSSR count). The first-order valence-corrected chi connectivity index (χ1v) is 6.81. The highest BCUT2D eigenvalue weighted by atomic mass is 32.2. The molecule has 0 aliphatic heterocycles. The molecule has 92 valence electrons. The number of nitrogens with two attached hydrogens (primary N) is 1. The van der Waals surface area contributed by atoms with Gasteiger partial charge in [0.2, 0.25) is 0 Å². The minimum atomic E-state index is -0.597. The average Bonchev–Trinajstić information content (AvgIpc) is 2.88. The third-order valence-corrected chi connectivity index (χ3v) is 4.51. The zero-order valence-corrected chi connectivity index (χ0v) is 10.8. The van der Waals surface area contributed by atoms with E-state index >= 15 is 0 Å². The molecule has 6 heteroatoms. The van der Waals surface area contributed by atoms with Gasteiger partial charge in [-0.05, 0) is 25.2 Å². The highest BCUT2D eigenvalue weighted by Gasteiger charge is 2.39. The van der Waals surface area contributed by atoms with E-state index in [1.807, 2.05) is 11.6 Å². The fourth-order valence-corrected chi connectivity index (χ4v) is 3.29. The van der Waals surface area contributed by atoms with Crippen LogP contribution in [-0.2, 0) is 7.05 Å². The van der Waals surface area contributed by atoms with Crippen LogP contribution in [-0.4, -0.2) is 26.1 Å². The van der Waals surface area contributed by atoms with E-state index in [0.29, 0.717) is 5.92 Å². The lowest BCUT2D eigenvalue weighted by Crippen LogP contribution is -2.41. The van der Waals surface area contributed by atoms with Crippen molar-refractivity contribution in [3.8, 4) is 6.07 Å². The molecule has 1 heterocycles. The lowest BCUT2D eigenvalue weighted by atomic mass is 9.88. The lowest BCUT2D eigenvalue weighted by Gasteiger charge is -2.23. The van der Waals surface area contributed by atoms with Crippen molar-refractivity contribution < 1.29 is 0 Å². The maximum atomic E-state index is 9.11. The van der Waals surface area contributed by atoms with Gasteiger partial charge in [0.1, 0.15) is 11.9 Å². The van der Waals surface area contributed by atoms with Crippen LogP contribution in [0.3, 0.4) is 0 Å². The van der Waals surface area contributed by atoms with E-state index in [1.54, 1.807) is 18.1 Å². The molecule has 0 bridgehead atoms. The molecule has 0 radical (unpaired) electrons. The zero-order chi connectivity index (χ0) is 12.3. The van der Waals surface area contributed by atoms with Crippen LogP contribution in [0.15, 0.2) is 11.5 Å². The van der Waals surface area contributed by atoms with Crippen molar-refractivity contribution in [2.45, 2.75) is 36.4 Å². The fourth-order valence-electron chi connectivity index (χ4n) is 2.35. The summed E-state index contributed by atoms with van der Waals surface area (Å²) in [5.74, 6) is 1.27. The Hall–Kier alpha value is -1.06. The van der Waals surface area contributed by atoms with Crippen molar-refractivity contribution in [3.05, 3.63) is 6.33 Å². The topological polar surface area (TPSA) is 80.5 Å². The Morgan fingerprint density at radius 3 is 3.24 bits per heavy atom. The van der Waals surface area contributed by atoms with E-state index in [0.717, 1.165) is 36.6 Å². The van der Waals surface area contributed by atoms with Crippen molar-refractivity contribution in [1.29, 1.82) is 5.26 Å². The first kappa shape index (κ1) is 12.4. The molecule has 1 aliphatic rings. The van der Waals surface area contributed by atoms with Crippen molar-refractivity contribution >= 4 is 11.8 Å². The third kappa shape index (κ3) is 2.61. The molecular formula is C11H17N5S. The van der Waals surface area contributed by atoms with Crippen molar-refractivity contribution in [3.63, 3.8) is 0 Å². The predicted octanol–water partition coefficient (Wildman–Crippen LogP) is 1.32. The van der Waals surface area contributed by atoms with Crippen molar-refractivity contribution in [2.75, 3.05) is 5.75 Å². The Labute approximate surface area is 105 Å². The molecule has 1 fully saturated rings. The van der Waals surface area contributed by atoms with Gasteiger partial charge in [-0.3, -0.25) is 0 Å². The average molecular weight is 251 g/mol. The summed E-state index contributed by atoms with van der Waals surface area (Å²) in [5.41, 5.74) is 5.49. The van der Waals surface area contributed by atoms with Crippen LogP contribution in [0.1, 0.15) is 25.7 Å². The summed E-state index contributed by atoms with van der Waals surface area (Å²) in [5, 5.41) is 17.9. The van der Waals surface area contributed by atoms with Crippen LogP contribution in [0, 0.1) is 17.2 Å². The number of nitriles is 1. The largest absolute Gasteiger partial charge is 0.313 e. The molecule has 5 nitrogen and oxygen atoms in total. The normalized spacial score (nSPS) is 28.2. The summed E-state index contributed by atoms with van der Waals surface area (Å²) in [7, 11) is 1.93. The van der Waals surface area contributed by atoms with E-state index in [2.05, 4.69) is 16.3 Å². The maximum absolute atomic E-state index is 9.11. The number of aromatic nitrogens is 3. The smallest absolute Gasteiger partial charge is 0.190 e. The van der Waals surface area contributed by atoms with E-state index in [4.69, 9.17) is 11.0 Å². The molecule has 0 amide bonds. The predicted molar refractivity (Wildman–Crippen MR) is 66.2 cm³/mol. The molecule has 2 atom stereocenters. The van der Waals surface area contributed by atoms with Crippen molar-refractivity contribution in [2.24, 2.45) is 18.7 Å². The summed E-state index contributed by atoms with van der Waals surface area (Å²) in [6.45, 7) is 0. The molecule has 2 unspecified atom stereocenters. The molecule has 17 heavy (non-hydrogen) atoms. The van der Waals surface area contributed by atoms with Gasteiger partial charge in [-0.25, -0.2) is 0 Å². The second kappa shape index (κ2) is 5.07. The first-order valence-electron chi connectivity index (χ1n) is 5.82. The monoisotopic (exact) mass is 251 g/mol. The fraction of sp³-hybridized carbons (Fsp3) is 0.727. The molecule has 0 spiro atoms. The Kier molecular flexibility index (Phi) is 3.69. The quantitative estimate of drug-likeness (QED) is 0.816. The standard InChI is InChI=1S/C11H17N5S/c1-16-8-14-15-10(16)17-6-4-9-3-2-5-11(9,13)7-12/h8-9H,2-6,13H2,1H3. The van der Waals surface area contributed by atoms with Gasteiger partial charge in [0, 0.05) is 12.8 Å². The summed E-state index contributed by atoms with van der Waals surface area (Å²) in [6.07, 6.45) is 5.65. The Bertz CT molecular complexity index is 424. The van der Waals surface area contributed by atoms with Crippen LogP contribution < -0.4 is 5.73 Å². The summed E-state index contributed by atoms with van der Waals surface area (Å²) >= 11 is 1.68. The number of nitrogens with zero attached hydrogens (tertiary/aromatic N) is 4. The summed E-state index contributed by atoms with van der Waals surface area (Å²) in [6, 6.07) is 2.28. The van der Waals surface area contributed by atoms with Crippen LogP contribution in [0.5, 0.6) is 0 Å². The molecule has 0 aromatic carbocycles. The van der Waals surface area contributed by atoms with Gasteiger partial charge in [-0.2, -0.15) is 5.26 Å². The molecular weight excluding hydrogens is 234 g/mol. The van der Waals surface area contributed by atoms with Crippen LogP contribution >= 0.6 is 11.8 Å². The highest BCUT2D eigenvalue weighted by Crippen LogP contribution is 2.36. The van der Waals surface area contributed by atoms with Crippen LogP contribution in [0.4, 0.5) is 0 Å². The molecule has 0 saturated heterocycles. The molecule has 1 aliphatic carbocycles. The van der Waals surface area contributed by atoms with Gasteiger partial charge in [0.25, 0.3) is 0 Å². The number of rotatable bonds is 4. The maximum Gasteiger partial charge on any atom is 0.190 e. The van der Waals surface area contributed by atoms with Gasteiger partial charge in [0.05, 0.1) is 6.07 Å². The Morgan fingerprint density at radius 2 is 2.59 bits per heavy atom. The minimum absolute atomic E-state index is 0.327. The summed E-state index contributed by atoms with van der Waals surface area (Å²) in [4.78, 5) is 0. The molecule has 1 aromatic rings. The third-order valence-electron chi connectivity index (χ3n) is 3.45. The Balaban J connectivity index is 1.83. The van der Waals surface area contributed by atoms with Gasteiger partial charge in [-0.15, -0.1) is 10.2 Å². The van der Waals surface area contributed by atoms with Gasteiger partial charge >= 0.3 is 0 Å². The van der Waals surface area contributed by atoms with E-state index in [9.17, 15) is 0 Å². The molecule has 1 saturated carbocycles. The Morgan fingerprint density at radius 1 is 1.76 bits per heavy atom. The van der Waals surface area contributed by atoms with E-state index in [1.165, 1.54) is 0 Å². The van der Waals surface area contributed by atoms with Gasteiger partial charge in [-0.1, -0.05) is 18.2 Å². The van der Waals surface area contributed by atoms with Gasteiger partial charge < -0.3 is 10.3 Å². The summed E-state index contributed by atoms with van der Waals surface area (Å²) < 4.78 is 1.90. The SMILES string of the molecule is Cn1cnnc1SCCC1CCCC1(N)C#N. The minimum Gasteiger partial charge on any atom is -0.313 e. The number of aryl methyl sites for hydroxylation is 1. The first-order chi connectivity index (χ1) is 8.15. The van der Waals surface area contributed by atoms with Crippen LogP contribution in [0.2, 0.25) is 0 Å². The second-order valence-electron chi connectivity index (χ2n) is 4.60. The molecule has 2 N–H and O–H groups in total. The second-order valence-corrected chi connectivity index (χ2v) is 5.66. The van der Waals surface area contributed by atoms with Crippen molar-refractivity contribution in [1.82, 2.24) is 14.8 Å². The molecule has 1 aromatic heterocycles. The number of thioether (sulfide) groups is 1. The lowest BCUT2D eigenvalue weighted by molar-refractivity contribution is 0.389.